The number of benzene rings is 3. The van der Waals surface area contributed by atoms with E-state index in [1.54, 1.807) is 12.3 Å². The van der Waals surface area contributed by atoms with Gasteiger partial charge >= 0.3 is 0 Å². The summed E-state index contributed by atoms with van der Waals surface area (Å²) in [5, 5.41) is 16.5. The molecule has 0 radical (unpaired) electrons. The van der Waals surface area contributed by atoms with Crippen molar-refractivity contribution in [2.45, 2.75) is 64.1 Å². The number of hydrogen-bond acceptors (Lipinski definition) is 13. The number of aryl methyl sites for hydroxylation is 1. The summed E-state index contributed by atoms with van der Waals surface area (Å²) in [5.41, 5.74) is 11.6. The minimum atomic E-state index is -0.396. The first kappa shape index (κ1) is 45.7. The predicted octanol–water partition coefficient (Wildman–Crippen LogP) is 7.59. The lowest BCUT2D eigenvalue weighted by Gasteiger charge is -2.35. The number of nitriles is 1. The average Bonchev–Trinajstić information content (AvgIpc) is 3.95. The van der Waals surface area contributed by atoms with Crippen LogP contribution in [0.2, 0.25) is 0 Å². The highest BCUT2D eigenvalue weighted by Gasteiger charge is 2.46. The van der Waals surface area contributed by atoms with Crippen molar-refractivity contribution in [3.05, 3.63) is 120 Å². The summed E-state index contributed by atoms with van der Waals surface area (Å²) in [5.74, 6) is 2.75. The molecule has 3 aromatic carbocycles. The van der Waals surface area contributed by atoms with Crippen LogP contribution >= 0.6 is 0 Å². The first-order valence-corrected chi connectivity index (χ1v) is 22.7. The first-order valence-electron chi connectivity index (χ1n) is 22.7. The number of carbonyl (C=O) groups excluding carboxylic acids is 2. The number of anilines is 2. The number of pyridine rings is 1. The van der Waals surface area contributed by atoms with Crippen LogP contribution in [0.1, 0.15) is 72.5 Å². The zero-order valence-corrected chi connectivity index (χ0v) is 37.4. The SMILES string of the molecule is Cc1nc([C@H](C)NC(=O)c2ccc(-c3ccc(N)cc3)cc2)cc(N2[C@H](C(=O)NCCOCCOCCOCCOc3ccc4oc(-c5ccncc5C#N)cc4c3)C[C@@H]3CCCC[C@@H]32)n1. The van der Waals surface area contributed by atoms with E-state index >= 15 is 0 Å². The van der Waals surface area contributed by atoms with E-state index in [2.05, 4.69) is 26.6 Å². The van der Waals surface area contributed by atoms with E-state index in [-0.39, 0.29) is 23.9 Å². The van der Waals surface area contributed by atoms with Gasteiger partial charge < -0.3 is 44.6 Å². The molecule has 66 heavy (non-hydrogen) atoms. The number of amides is 2. The molecule has 2 fully saturated rings. The highest BCUT2D eigenvalue weighted by molar-refractivity contribution is 5.95. The van der Waals surface area contributed by atoms with Crippen LogP contribution in [0.4, 0.5) is 11.5 Å². The molecular weight excluding hydrogens is 837 g/mol. The molecule has 8 rings (SSSR count). The van der Waals surface area contributed by atoms with E-state index < -0.39 is 6.04 Å². The summed E-state index contributed by atoms with van der Waals surface area (Å²) in [6.45, 7) is 6.90. The molecule has 4 atom stereocenters. The smallest absolute Gasteiger partial charge is 0.251 e. The lowest BCUT2D eigenvalue weighted by atomic mass is 9.84. The largest absolute Gasteiger partial charge is 0.491 e. The van der Waals surface area contributed by atoms with Crippen LogP contribution in [0, 0.1) is 24.2 Å². The highest BCUT2D eigenvalue weighted by atomic mass is 16.6. The lowest BCUT2D eigenvalue weighted by Crippen LogP contribution is -2.48. The normalized spacial score (nSPS) is 17.2. The number of fused-ring (bicyclic) bond motifs is 2. The monoisotopic (exact) mass is 892 g/mol. The maximum absolute atomic E-state index is 13.8. The van der Waals surface area contributed by atoms with Crippen LogP contribution in [-0.4, -0.2) is 91.6 Å². The Kier molecular flexibility index (Phi) is 15.2. The van der Waals surface area contributed by atoms with Gasteiger partial charge in [0.2, 0.25) is 5.91 Å². The lowest BCUT2D eigenvalue weighted by molar-refractivity contribution is -0.122. The van der Waals surface area contributed by atoms with E-state index in [9.17, 15) is 14.9 Å². The van der Waals surface area contributed by atoms with Gasteiger partial charge in [-0.2, -0.15) is 5.26 Å². The van der Waals surface area contributed by atoms with E-state index in [0.717, 1.165) is 48.6 Å². The molecule has 2 amide bonds. The molecule has 6 aromatic rings. The minimum absolute atomic E-state index is 0.0424. The number of carbonyl (C=O) groups is 2. The number of aromatic nitrogens is 3. The third-order valence-corrected chi connectivity index (χ3v) is 12.2. The molecular formula is C51H56N8O7. The van der Waals surface area contributed by atoms with E-state index in [0.29, 0.717) is 116 Å². The summed E-state index contributed by atoms with van der Waals surface area (Å²) < 4.78 is 28.9. The Morgan fingerprint density at radius 3 is 2.35 bits per heavy atom. The maximum atomic E-state index is 13.8. The molecule has 4 heterocycles. The third kappa shape index (κ3) is 11.3. The summed E-state index contributed by atoms with van der Waals surface area (Å²) >= 11 is 0. The van der Waals surface area contributed by atoms with Crippen molar-refractivity contribution in [3.8, 4) is 34.3 Å². The molecule has 1 aliphatic carbocycles. The molecule has 1 saturated carbocycles. The highest BCUT2D eigenvalue weighted by Crippen LogP contribution is 2.42. The summed E-state index contributed by atoms with van der Waals surface area (Å²) in [4.78, 5) is 43.0. The zero-order chi connectivity index (χ0) is 45.8. The quantitative estimate of drug-likeness (QED) is 0.0501. The van der Waals surface area contributed by atoms with Crippen molar-refractivity contribution >= 4 is 34.3 Å². The van der Waals surface area contributed by atoms with Gasteiger partial charge in [0.1, 0.15) is 47.5 Å². The average molecular weight is 893 g/mol. The van der Waals surface area contributed by atoms with Gasteiger partial charge in [0.05, 0.1) is 56.9 Å². The fraction of sp³-hybridized carbons (Fsp3) is 0.373. The summed E-state index contributed by atoms with van der Waals surface area (Å²) in [6.07, 6.45) is 8.26. The van der Waals surface area contributed by atoms with Crippen LogP contribution in [0.25, 0.3) is 33.4 Å². The Morgan fingerprint density at radius 2 is 1.59 bits per heavy atom. The number of furan rings is 1. The molecule has 342 valence electrons. The van der Waals surface area contributed by atoms with Crippen molar-refractivity contribution in [2.75, 3.05) is 63.4 Å². The van der Waals surface area contributed by atoms with Gasteiger partial charge in [0, 0.05) is 53.2 Å². The van der Waals surface area contributed by atoms with Crippen LogP contribution in [0.15, 0.2) is 102 Å². The second-order valence-electron chi connectivity index (χ2n) is 16.7. The Labute approximate surface area is 384 Å². The second kappa shape index (κ2) is 21.9. The first-order chi connectivity index (χ1) is 32.2. The molecule has 1 saturated heterocycles. The summed E-state index contributed by atoms with van der Waals surface area (Å²) in [7, 11) is 0. The van der Waals surface area contributed by atoms with Crippen molar-refractivity contribution in [1.29, 1.82) is 5.26 Å². The van der Waals surface area contributed by atoms with Crippen LogP contribution in [-0.2, 0) is 19.0 Å². The molecule has 2 aliphatic rings. The predicted molar refractivity (Wildman–Crippen MR) is 251 cm³/mol. The molecule has 0 spiro atoms. The summed E-state index contributed by atoms with van der Waals surface area (Å²) in [6, 6.07) is 27.9. The number of nitrogens with zero attached hydrogens (tertiary/aromatic N) is 5. The van der Waals surface area contributed by atoms with Gasteiger partial charge in [-0.15, -0.1) is 0 Å². The van der Waals surface area contributed by atoms with E-state index in [1.165, 1.54) is 6.20 Å². The van der Waals surface area contributed by atoms with Crippen molar-refractivity contribution in [1.82, 2.24) is 25.6 Å². The van der Waals surface area contributed by atoms with Crippen LogP contribution in [0.5, 0.6) is 5.75 Å². The number of hydrogen-bond donors (Lipinski definition) is 3. The molecule has 1 aliphatic heterocycles. The van der Waals surface area contributed by atoms with Crippen LogP contribution in [0.3, 0.4) is 0 Å². The minimum Gasteiger partial charge on any atom is -0.491 e. The molecule has 15 heteroatoms. The Bertz CT molecular complexity index is 2630. The van der Waals surface area contributed by atoms with Gasteiger partial charge in [0.15, 0.2) is 0 Å². The molecule has 15 nitrogen and oxygen atoms in total. The van der Waals surface area contributed by atoms with Gasteiger partial charge in [-0.3, -0.25) is 14.6 Å². The Morgan fingerprint density at radius 1 is 0.879 bits per heavy atom. The number of nitrogen functional groups attached to an aromatic ring is 1. The Hall–Kier alpha value is -6.86. The van der Waals surface area contributed by atoms with Gasteiger partial charge in [-0.25, -0.2) is 9.97 Å². The topological polar surface area (TPSA) is 200 Å². The van der Waals surface area contributed by atoms with Gasteiger partial charge in [0.25, 0.3) is 5.91 Å². The molecule has 0 bridgehead atoms. The van der Waals surface area contributed by atoms with Gasteiger partial charge in [-0.1, -0.05) is 37.1 Å². The number of nitrogens with two attached hydrogens (primary N) is 1. The van der Waals surface area contributed by atoms with Crippen molar-refractivity contribution in [3.63, 3.8) is 0 Å². The molecule has 4 N–H and O–H groups in total. The van der Waals surface area contributed by atoms with Gasteiger partial charge in [-0.05, 0) is 105 Å². The third-order valence-electron chi connectivity index (χ3n) is 12.2. The second-order valence-corrected chi connectivity index (χ2v) is 16.7. The number of ether oxygens (including phenoxy) is 4. The van der Waals surface area contributed by atoms with Crippen LogP contribution < -0.4 is 26.0 Å². The van der Waals surface area contributed by atoms with Crippen molar-refractivity contribution in [2.24, 2.45) is 5.92 Å². The zero-order valence-electron chi connectivity index (χ0n) is 37.4. The molecule has 3 aromatic heterocycles. The van der Waals surface area contributed by atoms with E-state index in [4.69, 9.17) is 39.1 Å². The number of rotatable bonds is 20. The fourth-order valence-electron chi connectivity index (χ4n) is 8.86. The number of nitrogens with one attached hydrogen (secondary N) is 2. The molecule has 0 unspecified atom stereocenters. The Balaban J connectivity index is 0.738. The van der Waals surface area contributed by atoms with Crippen molar-refractivity contribution < 1.29 is 33.0 Å². The van der Waals surface area contributed by atoms with E-state index in [1.807, 2.05) is 92.7 Å². The standard InChI is InChI=1S/C51H56N8O7/c1-33(56-50(60)37-9-7-35(8-10-37)36-11-13-41(53)14-12-36)44-30-49(58-34(2)57-44)59-45-6-4-3-5-38(45)28-46(59)51(61)55-19-20-62-21-22-63-23-24-64-25-26-65-42-15-16-47-39(27-42)29-48(66-47)43-17-18-54-32-40(43)31-52/h7-18,27,29-30,32-33,38,45-46H,3-6,19-26,28,53H2,1-2H3,(H,55,61)(H,56,60)/t33-,38-,45-,46-/m0/s1. The maximum Gasteiger partial charge on any atom is 0.251 e. The fourth-order valence-corrected chi connectivity index (χ4v) is 8.86.